The van der Waals surface area contributed by atoms with E-state index in [0.717, 1.165) is 36.8 Å². The molecule has 1 aromatic heterocycles. The minimum atomic E-state index is -0.651. The Kier molecular flexibility index (Phi) is 10.4. The number of carbonyl (C=O) groups excluding carboxylic acids is 2. The van der Waals surface area contributed by atoms with Gasteiger partial charge in [-0.2, -0.15) is 0 Å². The number of rotatable bonds is 14. The molecule has 0 spiro atoms. The van der Waals surface area contributed by atoms with E-state index in [4.69, 9.17) is 9.84 Å². The van der Waals surface area contributed by atoms with E-state index < -0.39 is 17.1 Å². The molecule has 0 aliphatic heterocycles. The molecule has 8 heteroatoms. The van der Waals surface area contributed by atoms with Crippen molar-refractivity contribution in [2.75, 3.05) is 13.2 Å². The van der Waals surface area contributed by atoms with Crippen LogP contribution in [0.5, 0.6) is 5.75 Å². The Morgan fingerprint density at radius 1 is 0.944 bits per heavy atom. The first-order valence-corrected chi connectivity index (χ1v) is 12.1. The van der Waals surface area contributed by atoms with Crippen LogP contribution in [-0.2, 0) is 13.0 Å². The van der Waals surface area contributed by atoms with E-state index in [1.54, 1.807) is 12.1 Å². The highest BCUT2D eigenvalue weighted by molar-refractivity contribution is 5.99. The van der Waals surface area contributed by atoms with Crippen molar-refractivity contribution < 1.29 is 23.8 Å². The lowest BCUT2D eigenvalue weighted by Gasteiger charge is -2.13. The molecule has 0 fully saturated rings. The average molecular weight is 495 g/mol. The van der Waals surface area contributed by atoms with E-state index in [2.05, 4.69) is 10.3 Å². The quantitative estimate of drug-likeness (QED) is 0.230. The molecule has 190 valence electrons. The Balaban J connectivity index is 1.75. The minimum absolute atomic E-state index is 0.0404. The number of Topliss-reactive ketones (excluding diaryl/α,β-unsaturated/α-hetero) is 1. The molecule has 1 heterocycles. The molecular formula is C28H31FN2O5. The number of aliphatic hydroxyl groups is 1. The summed E-state index contributed by atoms with van der Waals surface area (Å²) in [5, 5.41) is 11.6. The Labute approximate surface area is 209 Å². The maximum Gasteiger partial charge on any atom is 0.271 e. The van der Waals surface area contributed by atoms with Crippen LogP contribution in [0.15, 0.2) is 65.6 Å². The standard InChI is InChI=1S/C28H31FN2O5/c29-22-13-10-20(11-14-22)12-15-24(33)23-18-31-25(28(35)30-16-6-1-2-7-17-32)27(26(23)34)36-19-21-8-4-3-5-9-21/h3-5,8-11,13-14,18,32H,1-2,6-7,12,15-17,19H2,(H,30,35)(H,31,34). The van der Waals surface area contributed by atoms with Crippen molar-refractivity contribution in [1.82, 2.24) is 10.3 Å². The Morgan fingerprint density at radius 3 is 2.39 bits per heavy atom. The number of aromatic nitrogens is 1. The number of amides is 1. The topological polar surface area (TPSA) is 108 Å². The van der Waals surface area contributed by atoms with E-state index in [1.807, 2.05) is 30.3 Å². The van der Waals surface area contributed by atoms with Gasteiger partial charge in [-0.1, -0.05) is 55.3 Å². The van der Waals surface area contributed by atoms with Gasteiger partial charge in [0.05, 0.1) is 5.56 Å². The van der Waals surface area contributed by atoms with E-state index in [9.17, 15) is 18.8 Å². The number of nitrogens with one attached hydrogen (secondary N) is 2. The van der Waals surface area contributed by atoms with Gasteiger partial charge >= 0.3 is 0 Å². The number of hydrogen-bond acceptors (Lipinski definition) is 5. The van der Waals surface area contributed by atoms with Crippen LogP contribution in [0.2, 0.25) is 0 Å². The summed E-state index contributed by atoms with van der Waals surface area (Å²) in [6, 6.07) is 15.0. The van der Waals surface area contributed by atoms with E-state index in [1.165, 1.54) is 18.3 Å². The van der Waals surface area contributed by atoms with Crippen molar-refractivity contribution in [2.45, 2.75) is 45.1 Å². The lowest BCUT2D eigenvalue weighted by atomic mass is 10.0. The summed E-state index contributed by atoms with van der Waals surface area (Å²) < 4.78 is 18.9. The molecule has 0 saturated heterocycles. The first-order chi connectivity index (χ1) is 17.5. The fourth-order valence-electron chi connectivity index (χ4n) is 3.68. The molecule has 0 aliphatic carbocycles. The number of H-pyrrole nitrogens is 1. The molecular weight excluding hydrogens is 463 g/mol. The zero-order valence-electron chi connectivity index (χ0n) is 20.1. The Hall–Kier alpha value is -3.78. The van der Waals surface area contributed by atoms with Crippen LogP contribution < -0.4 is 15.5 Å². The van der Waals surface area contributed by atoms with Crippen LogP contribution >= 0.6 is 0 Å². The third-order valence-electron chi connectivity index (χ3n) is 5.72. The normalized spacial score (nSPS) is 10.7. The van der Waals surface area contributed by atoms with E-state index in [-0.39, 0.29) is 42.5 Å². The second-order valence-corrected chi connectivity index (χ2v) is 8.45. The lowest BCUT2D eigenvalue weighted by Crippen LogP contribution is -2.29. The summed E-state index contributed by atoms with van der Waals surface area (Å²) in [4.78, 5) is 41.7. The molecule has 7 nitrogen and oxygen atoms in total. The average Bonchev–Trinajstić information content (AvgIpc) is 2.89. The van der Waals surface area contributed by atoms with Crippen LogP contribution in [0, 0.1) is 5.82 Å². The Bertz CT molecular complexity index is 1190. The molecule has 3 N–H and O–H groups in total. The summed E-state index contributed by atoms with van der Waals surface area (Å²) in [5.74, 6) is -1.46. The van der Waals surface area contributed by atoms with Crippen LogP contribution in [-0.4, -0.2) is 34.9 Å². The first-order valence-electron chi connectivity index (χ1n) is 12.1. The van der Waals surface area contributed by atoms with Gasteiger partial charge in [0.15, 0.2) is 17.2 Å². The number of halogens is 1. The van der Waals surface area contributed by atoms with Gasteiger partial charge in [-0.05, 0) is 42.5 Å². The number of aryl methyl sites for hydroxylation is 1. The molecule has 36 heavy (non-hydrogen) atoms. The monoisotopic (exact) mass is 494 g/mol. The summed E-state index contributed by atoms with van der Waals surface area (Å²) in [7, 11) is 0. The van der Waals surface area contributed by atoms with Gasteiger partial charge in [-0.25, -0.2) is 4.39 Å². The highest BCUT2D eigenvalue weighted by Gasteiger charge is 2.22. The number of aliphatic hydroxyl groups excluding tert-OH is 1. The first kappa shape index (κ1) is 26.8. The molecule has 0 saturated carbocycles. The Morgan fingerprint density at radius 2 is 1.67 bits per heavy atom. The highest BCUT2D eigenvalue weighted by Crippen LogP contribution is 2.16. The summed E-state index contributed by atoms with van der Waals surface area (Å²) in [6.07, 6.45) is 4.81. The summed E-state index contributed by atoms with van der Waals surface area (Å²) in [6.45, 7) is 0.603. The van der Waals surface area contributed by atoms with Crippen molar-refractivity contribution in [3.8, 4) is 5.75 Å². The highest BCUT2D eigenvalue weighted by atomic mass is 19.1. The lowest BCUT2D eigenvalue weighted by molar-refractivity contribution is 0.0937. The molecule has 0 unspecified atom stereocenters. The predicted octanol–water partition coefficient (Wildman–Crippen LogP) is 4.19. The second kappa shape index (κ2) is 13.9. The number of hydrogen-bond donors (Lipinski definition) is 3. The van der Waals surface area contributed by atoms with Gasteiger partial charge in [-0.15, -0.1) is 0 Å². The fraction of sp³-hybridized carbons (Fsp3) is 0.321. The molecule has 1 amide bonds. The van der Waals surface area contributed by atoms with Crippen molar-refractivity contribution in [3.63, 3.8) is 0 Å². The van der Waals surface area contributed by atoms with Gasteiger partial charge < -0.3 is 20.1 Å². The van der Waals surface area contributed by atoms with Gasteiger partial charge in [0.25, 0.3) is 5.91 Å². The largest absolute Gasteiger partial charge is 0.483 e. The van der Waals surface area contributed by atoms with E-state index in [0.29, 0.717) is 13.0 Å². The van der Waals surface area contributed by atoms with Crippen LogP contribution in [0.1, 0.15) is 64.1 Å². The molecule has 2 aromatic carbocycles. The van der Waals surface area contributed by atoms with Crippen molar-refractivity contribution in [3.05, 3.63) is 99.2 Å². The zero-order valence-corrected chi connectivity index (χ0v) is 20.1. The predicted molar refractivity (Wildman–Crippen MR) is 135 cm³/mol. The molecule has 3 aromatic rings. The van der Waals surface area contributed by atoms with Gasteiger partial charge in [0.1, 0.15) is 12.4 Å². The number of aromatic amines is 1. The maximum absolute atomic E-state index is 13.2. The maximum atomic E-state index is 13.2. The number of pyridine rings is 1. The molecule has 0 aliphatic rings. The fourth-order valence-corrected chi connectivity index (χ4v) is 3.68. The number of benzene rings is 2. The molecule has 0 atom stereocenters. The van der Waals surface area contributed by atoms with Gasteiger partial charge in [-0.3, -0.25) is 14.4 Å². The van der Waals surface area contributed by atoms with Crippen molar-refractivity contribution >= 4 is 11.7 Å². The van der Waals surface area contributed by atoms with E-state index >= 15 is 0 Å². The van der Waals surface area contributed by atoms with Crippen LogP contribution in [0.3, 0.4) is 0 Å². The summed E-state index contributed by atoms with van der Waals surface area (Å²) in [5.41, 5.74) is 0.792. The third-order valence-corrected chi connectivity index (χ3v) is 5.72. The molecule has 0 radical (unpaired) electrons. The zero-order chi connectivity index (χ0) is 25.8. The van der Waals surface area contributed by atoms with Crippen LogP contribution in [0.25, 0.3) is 0 Å². The minimum Gasteiger partial charge on any atom is -0.483 e. The smallest absolute Gasteiger partial charge is 0.271 e. The SMILES string of the molecule is O=C(NCCCCCCO)c1[nH]cc(C(=O)CCc2ccc(F)cc2)c(=O)c1OCc1ccccc1. The third kappa shape index (κ3) is 7.88. The molecule has 3 rings (SSSR count). The number of ketones is 1. The number of ether oxygens (including phenoxy) is 1. The van der Waals surface area contributed by atoms with Gasteiger partial charge in [0, 0.05) is 25.8 Å². The second-order valence-electron chi connectivity index (χ2n) is 8.45. The molecule has 0 bridgehead atoms. The van der Waals surface area contributed by atoms with Crippen LogP contribution in [0.4, 0.5) is 4.39 Å². The van der Waals surface area contributed by atoms with Gasteiger partial charge in [0.2, 0.25) is 5.43 Å². The number of unbranched alkanes of at least 4 members (excludes halogenated alkanes) is 3. The summed E-state index contributed by atoms with van der Waals surface area (Å²) >= 11 is 0. The van der Waals surface area contributed by atoms with Crippen molar-refractivity contribution in [2.24, 2.45) is 0 Å². The van der Waals surface area contributed by atoms with Crippen molar-refractivity contribution in [1.29, 1.82) is 0 Å². The number of carbonyl (C=O) groups is 2.